The first-order valence-corrected chi connectivity index (χ1v) is 4.59. The lowest BCUT2D eigenvalue weighted by Crippen LogP contribution is -2.46. The Labute approximate surface area is 87.9 Å². The molecule has 0 aromatic heterocycles. The number of aliphatic hydroxyl groups excluding tert-OH is 1. The molecular formula is C9H17NO5. The molecule has 6 nitrogen and oxygen atoms in total. The number of aliphatic carboxylic acids is 2. The van der Waals surface area contributed by atoms with Gasteiger partial charge in [-0.05, 0) is 13.8 Å². The van der Waals surface area contributed by atoms with Gasteiger partial charge in [0.05, 0.1) is 18.9 Å². The van der Waals surface area contributed by atoms with Crippen molar-refractivity contribution in [2.45, 2.75) is 25.8 Å². The third-order valence-corrected chi connectivity index (χ3v) is 1.99. The molecule has 0 bridgehead atoms. The van der Waals surface area contributed by atoms with E-state index in [9.17, 15) is 9.59 Å². The monoisotopic (exact) mass is 219 g/mol. The van der Waals surface area contributed by atoms with Crippen molar-refractivity contribution in [3.05, 3.63) is 0 Å². The highest BCUT2D eigenvalue weighted by atomic mass is 16.4. The fourth-order valence-corrected chi connectivity index (χ4v) is 0.913. The van der Waals surface area contributed by atoms with Crippen molar-refractivity contribution in [2.75, 3.05) is 13.2 Å². The first kappa shape index (κ1) is 13.9. The average molecular weight is 219 g/mol. The van der Waals surface area contributed by atoms with E-state index >= 15 is 0 Å². The predicted molar refractivity (Wildman–Crippen MR) is 52.5 cm³/mol. The maximum atomic E-state index is 10.7. The molecule has 1 unspecified atom stereocenters. The molecule has 6 heteroatoms. The molecule has 0 aromatic rings. The molecule has 0 amide bonds. The lowest BCUT2D eigenvalue weighted by atomic mass is 10.0. The van der Waals surface area contributed by atoms with E-state index in [4.69, 9.17) is 15.3 Å². The van der Waals surface area contributed by atoms with Crippen LogP contribution in [0.4, 0.5) is 0 Å². The standard InChI is InChI=1S/C9H17NO5/c1-9(2,5-11)10-4-6(8(14)15)3-7(12)13/h6,10-11H,3-5H2,1-2H3,(H,12,13)(H,14,15). The van der Waals surface area contributed by atoms with E-state index in [2.05, 4.69) is 5.32 Å². The maximum Gasteiger partial charge on any atom is 0.308 e. The van der Waals surface area contributed by atoms with Crippen molar-refractivity contribution in [1.29, 1.82) is 0 Å². The van der Waals surface area contributed by atoms with Gasteiger partial charge in [-0.15, -0.1) is 0 Å². The van der Waals surface area contributed by atoms with E-state index in [1.54, 1.807) is 13.8 Å². The number of nitrogens with one attached hydrogen (secondary N) is 1. The predicted octanol–water partition coefficient (Wildman–Crippen LogP) is -0.478. The first-order valence-electron chi connectivity index (χ1n) is 4.59. The fourth-order valence-electron chi connectivity index (χ4n) is 0.913. The quantitative estimate of drug-likeness (QED) is 0.461. The summed E-state index contributed by atoms with van der Waals surface area (Å²) in [6.07, 6.45) is -0.427. The van der Waals surface area contributed by atoms with Crippen molar-refractivity contribution >= 4 is 11.9 Å². The Morgan fingerprint density at radius 2 is 1.87 bits per heavy atom. The number of rotatable bonds is 7. The normalized spacial score (nSPS) is 13.5. The third-order valence-electron chi connectivity index (χ3n) is 1.99. The van der Waals surface area contributed by atoms with Gasteiger partial charge in [0, 0.05) is 12.1 Å². The summed E-state index contributed by atoms with van der Waals surface area (Å²) in [7, 11) is 0. The highest BCUT2D eigenvalue weighted by molar-refractivity contribution is 5.77. The molecule has 0 heterocycles. The highest BCUT2D eigenvalue weighted by Gasteiger charge is 2.24. The van der Waals surface area contributed by atoms with Gasteiger partial charge in [0.25, 0.3) is 0 Å². The molecule has 0 aliphatic heterocycles. The van der Waals surface area contributed by atoms with Gasteiger partial charge < -0.3 is 20.6 Å². The molecule has 0 aromatic carbocycles. The fraction of sp³-hybridized carbons (Fsp3) is 0.778. The van der Waals surface area contributed by atoms with Gasteiger partial charge in [-0.25, -0.2) is 0 Å². The summed E-state index contributed by atoms with van der Waals surface area (Å²) in [6, 6.07) is 0. The van der Waals surface area contributed by atoms with Crippen LogP contribution in [0, 0.1) is 5.92 Å². The number of carboxylic acid groups (broad SMARTS) is 2. The second-order valence-electron chi connectivity index (χ2n) is 4.06. The SMILES string of the molecule is CC(C)(CO)NCC(CC(=O)O)C(=O)O. The summed E-state index contributed by atoms with van der Waals surface area (Å²) in [4.78, 5) is 21.0. The zero-order valence-corrected chi connectivity index (χ0v) is 8.86. The summed E-state index contributed by atoms with van der Waals surface area (Å²) < 4.78 is 0. The van der Waals surface area contributed by atoms with Crippen molar-refractivity contribution in [3.63, 3.8) is 0 Å². The molecule has 0 radical (unpaired) electrons. The Morgan fingerprint density at radius 1 is 1.33 bits per heavy atom. The second kappa shape index (κ2) is 5.67. The summed E-state index contributed by atoms with van der Waals surface area (Å²) in [5.74, 6) is -3.28. The average Bonchev–Trinajstić information content (AvgIpc) is 2.11. The van der Waals surface area contributed by atoms with E-state index in [1.165, 1.54) is 0 Å². The molecule has 88 valence electrons. The van der Waals surface area contributed by atoms with E-state index < -0.39 is 29.8 Å². The lowest BCUT2D eigenvalue weighted by molar-refractivity contribution is -0.148. The molecule has 0 rings (SSSR count). The molecule has 0 aliphatic rings. The van der Waals surface area contributed by atoms with Crippen molar-refractivity contribution < 1.29 is 24.9 Å². The van der Waals surface area contributed by atoms with Crippen LogP contribution in [0.1, 0.15) is 20.3 Å². The molecular weight excluding hydrogens is 202 g/mol. The summed E-state index contributed by atoms with van der Waals surface area (Å²) in [6.45, 7) is 3.28. The summed E-state index contributed by atoms with van der Waals surface area (Å²) >= 11 is 0. The van der Waals surface area contributed by atoms with Crippen LogP contribution in [0.2, 0.25) is 0 Å². The van der Waals surface area contributed by atoms with Gasteiger partial charge in [0.1, 0.15) is 0 Å². The molecule has 1 atom stereocenters. The number of carbonyl (C=O) groups is 2. The largest absolute Gasteiger partial charge is 0.481 e. The number of carboxylic acids is 2. The smallest absolute Gasteiger partial charge is 0.308 e. The van der Waals surface area contributed by atoms with Crippen LogP contribution in [0.15, 0.2) is 0 Å². The molecule has 0 aliphatic carbocycles. The summed E-state index contributed by atoms with van der Waals surface area (Å²) in [5.41, 5.74) is -0.605. The minimum absolute atomic E-state index is 0.0230. The van der Waals surface area contributed by atoms with E-state index in [0.29, 0.717) is 0 Å². The zero-order chi connectivity index (χ0) is 12.1. The van der Waals surface area contributed by atoms with E-state index in [1.807, 2.05) is 0 Å². The Hall–Kier alpha value is -1.14. The van der Waals surface area contributed by atoms with Gasteiger partial charge in [-0.1, -0.05) is 0 Å². The Kier molecular flexibility index (Phi) is 5.24. The Balaban J connectivity index is 4.19. The Bertz CT molecular complexity index is 239. The van der Waals surface area contributed by atoms with Crippen LogP contribution in [-0.2, 0) is 9.59 Å². The third kappa shape index (κ3) is 6.03. The van der Waals surface area contributed by atoms with Crippen molar-refractivity contribution in [2.24, 2.45) is 5.92 Å². The minimum Gasteiger partial charge on any atom is -0.481 e. The lowest BCUT2D eigenvalue weighted by Gasteiger charge is -2.25. The van der Waals surface area contributed by atoms with Gasteiger partial charge >= 0.3 is 11.9 Å². The topological polar surface area (TPSA) is 107 Å². The van der Waals surface area contributed by atoms with E-state index in [-0.39, 0.29) is 13.2 Å². The second-order valence-corrected chi connectivity index (χ2v) is 4.06. The molecule has 4 N–H and O–H groups in total. The van der Waals surface area contributed by atoms with Crippen molar-refractivity contribution in [3.8, 4) is 0 Å². The minimum atomic E-state index is -1.15. The van der Waals surface area contributed by atoms with Crippen LogP contribution in [0.5, 0.6) is 0 Å². The van der Waals surface area contributed by atoms with Crippen LogP contribution in [0.25, 0.3) is 0 Å². The van der Waals surface area contributed by atoms with Gasteiger partial charge in [0.15, 0.2) is 0 Å². The van der Waals surface area contributed by atoms with Crippen LogP contribution < -0.4 is 5.32 Å². The number of hydrogen-bond acceptors (Lipinski definition) is 4. The molecule has 15 heavy (non-hydrogen) atoms. The Morgan fingerprint density at radius 3 is 2.20 bits per heavy atom. The van der Waals surface area contributed by atoms with E-state index in [0.717, 1.165) is 0 Å². The maximum absolute atomic E-state index is 10.7. The highest BCUT2D eigenvalue weighted by Crippen LogP contribution is 2.06. The van der Waals surface area contributed by atoms with Gasteiger partial charge in [-0.3, -0.25) is 9.59 Å². The van der Waals surface area contributed by atoms with Crippen LogP contribution >= 0.6 is 0 Å². The van der Waals surface area contributed by atoms with Gasteiger partial charge in [0.2, 0.25) is 0 Å². The van der Waals surface area contributed by atoms with Crippen LogP contribution in [-0.4, -0.2) is 45.9 Å². The zero-order valence-electron chi connectivity index (χ0n) is 8.86. The first-order chi connectivity index (χ1) is 6.78. The van der Waals surface area contributed by atoms with Crippen molar-refractivity contribution in [1.82, 2.24) is 5.32 Å². The van der Waals surface area contributed by atoms with Crippen LogP contribution in [0.3, 0.4) is 0 Å². The molecule has 0 fully saturated rings. The molecule has 0 saturated carbocycles. The molecule has 0 spiro atoms. The molecule has 0 saturated heterocycles. The number of hydrogen-bond donors (Lipinski definition) is 4. The van der Waals surface area contributed by atoms with Gasteiger partial charge in [-0.2, -0.15) is 0 Å². The number of aliphatic hydroxyl groups is 1. The summed E-state index contributed by atoms with van der Waals surface area (Å²) in [5, 5.41) is 28.9.